The second kappa shape index (κ2) is 5.72. The maximum atomic E-state index is 4.67. The highest BCUT2D eigenvalue weighted by atomic mass is 15.2. The Kier molecular flexibility index (Phi) is 3.75. The van der Waals surface area contributed by atoms with E-state index in [-0.39, 0.29) is 0 Å². The molecule has 2 heterocycles. The number of aryl methyl sites for hydroxylation is 2. The zero-order valence-corrected chi connectivity index (χ0v) is 13.4. The number of nitrogens with zero attached hydrogens (tertiary/aromatic N) is 4. The molecule has 0 spiro atoms. The summed E-state index contributed by atoms with van der Waals surface area (Å²) in [5, 5.41) is 8.95. The van der Waals surface area contributed by atoms with Crippen LogP contribution in [-0.2, 0) is 0 Å². The first kappa shape index (κ1) is 14.4. The van der Waals surface area contributed by atoms with Crippen molar-refractivity contribution in [1.29, 1.82) is 0 Å². The molecule has 4 nitrogen and oxygen atoms in total. The molecule has 22 heavy (non-hydrogen) atoms. The van der Waals surface area contributed by atoms with Crippen LogP contribution in [0.15, 0.2) is 52.8 Å². The summed E-state index contributed by atoms with van der Waals surface area (Å²) in [6.07, 6.45) is 1.98. The largest absolute Gasteiger partial charge is 0.283 e. The lowest BCUT2D eigenvalue weighted by atomic mass is 10.1. The van der Waals surface area contributed by atoms with Crippen molar-refractivity contribution in [2.75, 3.05) is 0 Å². The molecule has 0 unspecified atom stereocenters. The fourth-order valence-electron chi connectivity index (χ4n) is 2.51. The summed E-state index contributed by atoms with van der Waals surface area (Å²) in [7, 11) is 0. The van der Waals surface area contributed by atoms with E-state index in [1.807, 2.05) is 34.9 Å². The molecule has 0 aliphatic heterocycles. The lowest BCUT2D eigenvalue weighted by molar-refractivity contribution is 0.831. The third-order valence-corrected chi connectivity index (χ3v) is 3.68. The maximum absolute atomic E-state index is 4.67. The van der Waals surface area contributed by atoms with Gasteiger partial charge in [-0.3, -0.25) is 4.40 Å². The van der Waals surface area contributed by atoms with Gasteiger partial charge in [0.05, 0.1) is 11.4 Å². The summed E-state index contributed by atoms with van der Waals surface area (Å²) >= 11 is 0. The molecule has 2 aromatic heterocycles. The van der Waals surface area contributed by atoms with Crippen LogP contribution in [0.5, 0.6) is 0 Å². The number of hydrogen-bond donors (Lipinski definition) is 0. The Morgan fingerprint density at radius 2 is 1.86 bits per heavy atom. The van der Waals surface area contributed by atoms with E-state index in [0.29, 0.717) is 5.92 Å². The molecule has 0 N–H and O–H groups in total. The highest BCUT2D eigenvalue weighted by molar-refractivity contribution is 5.53. The summed E-state index contributed by atoms with van der Waals surface area (Å²) in [6.45, 7) is 8.38. The maximum Gasteiger partial charge on any atom is 0.183 e. The van der Waals surface area contributed by atoms with Crippen molar-refractivity contribution >= 4 is 17.2 Å². The Balaban J connectivity index is 2.09. The molecule has 0 aliphatic carbocycles. The Hall–Kier alpha value is -2.49. The Bertz CT molecular complexity index is 843. The monoisotopic (exact) mass is 292 g/mol. The molecular formula is C18H20N4. The Labute approximate surface area is 130 Å². The van der Waals surface area contributed by atoms with Crippen LogP contribution in [0, 0.1) is 13.8 Å². The third kappa shape index (κ3) is 2.64. The second-order valence-electron chi connectivity index (χ2n) is 5.89. The predicted octanol–water partition coefficient (Wildman–Crippen LogP) is 5.49. The minimum atomic E-state index is 0.299. The lowest BCUT2D eigenvalue weighted by Crippen LogP contribution is -1.87. The molecule has 0 aliphatic rings. The molecule has 0 radical (unpaired) electrons. The molecule has 112 valence electrons. The molecule has 0 saturated carbocycles. The van der Waals surface area contributed by atoms with Gasteiger partial charge in [-0.1, -0.05) is 37.6 Å². The Morgan fingerprint density at radius 1 is 1.05 bits per heavy atom. The molecular weight excluding hydrogens is 272 g/mol. The van der Waals surface area contributed by atoms with Gasteiger partial charge in [0.1, 0.15) is 5.65 Å². The number of hydrogen-bond acceptors (Lipinski definition) is 3. The summed E-state index contributed by atoms with van der Waals surface area (Å²) in [5.74, 6) is 1.11. The molecule has 0 bridgehead atoms. The molecule has 0 amide bonds. The first-order chi connectivity index (χ1) is 10.6. The lowest BCUT2D eigenvalue weighted by Gasteiger charge is -2.03. The number of imidazole rings is 1. The van der Waals surface area contributed by atoms with Crippen molar-refractivity contribution < 1.29 is 0 Å². The minimum Gasteiger partial charge on any atom is -0.283 e. The average molecular weight is 292 g/mol. The molecule has 3 rings (SSSR count). The van der Waals surface area contributed by atoms with Crippen LogP contribution in [0.25, 0.3) is 5.65 Å². The van der Waals surface area contributed by atoms with Crippen LogP contribution in [0.3, 0.4) is 0 Å². The van der Waals surface area contributed by atoms with Crippen molar-refractivity contribution in [1.82, 2.24) is 9.38 Å². The van der Waals surface area contributed by atoms with Crippen molar-refractivity contribution in [2.24, 2.45) is 10.2 Å². The van der Waals surface area contributed by atoms with Gasteiger partial charge < -0.3 is 0 Å². The van der Waals surface area contributed by atoms with Gasteiger partial charge in [0, 0.05) is 6.20 Å². The van der Waals surface area contributed by atoms with Crippen molar-refractivity contribution in [3.63, 3.8) is 0 Å². The number of aromatic nitrogens is 2. The van der Waals surface area contributed by atoms with Crippen molar-refractivity contribution in [3.05, 3.63) is 59.4 Å². The fourth-order valence-corrected chi connectivity index (χ4v) is 2.51. The minimum absolute atomic E-state index is 0.299. The van der Waals surface area contributed by atoms with Crippen LogP contribution in [-0.4, -0.2) is 9.38 Å². The number of rotatable bonds is 3. The van der Waals surface area contributed by atoms with Gasteiger partial charge >= 0.3 is 0 Å². The first-order valence-corrected chi connectivity index (χ1v) is 7.52. The standard InChI is InChI=1S/C18H20N4/c1-12(2)17-18(22-10-6-5-7-16(22)19-17)21-20-15-9-8-13(3)11-14(15)4/h5-12H,1-4H3. The van der Waals surface area contributed by atoms with E-state index >= 15 is 0 Å². The van der Waals surface area contributed by atoms with E-state index < -0.39 is 0 Å². The van der Waals surface area contributed by atoms with Crippen LogP contribution < -0.4 is 0 Å². The predicted molar refractivity (Wildman–Crippen MR) is 89.4 cm³/mol. The second-order valence-corrected chi connectivity index (χ2v) is 5.89. The topological polar surface area (TPSA) is 42.0 Å². The Morgan fingerprint density at radius 3 is 2.59 bits per heavy atom. The summed E-state index contributed by atoms with van der Waals surface area (Å²) in [4.78, 5) is 4.67. The third-order valence-electron chi connectivity index (χ3n) is 3.68. The highest BCUT2D eigenvalue weighted by Gasteiger charge is 2.14. The number of benzene rings is 1. The van der Waals surface area contributed by atoms with E-state index in [0.717, 1.165) is 28.4 Å². The molecule has 3 aromatic rings. The van der Waals surface area contributed by atoms with Crippen LogP contribution >= 0.6 is 0 Å². The average Bonchev–Trinajstić information content (AvgIpc) is 2.85. The summed E-state index contributed by atoms with van der Waals surface area (Å²) in [5.41, 5.74) is 5.13. The van der Waals surface area contributed by atoms with Gasteiger partial charge in [-0.25, -0.2) is 4.98 Å². The van der Waals surface area contributed by atoms with Crippen LogP contribution in [0.4, 0.5) is 11.5 Å². The summed E-state index contributed by atoms with van der Waals surface area (Å²) in [6, 6.07) is 12.1. The van der Waals surface area contributed by atoms with Gasteiger partial charge in [-0.2, -0.15) is 0 Å². The molecule has 0 atom stereocenters. The van der Waals surface area contributed by atoms with Gasteiger partial charge in [-0.15, -0.1) is 10.2 Å². The van der Waals surface area contributed by atoms with E-state index in [4.69, 9.17) is 0 Å². The molecule has 4 heteroatoms. The van der Waals surface area contributed by atoms with Crippen molar-refractivity contribution in [3.8, 4) is 0 Å². The van der Waals surface area contributed by atoms with Gasteiger partial charge in [0.25, 0.3) is 0 Å². The summed E-state index contributed by atoms with van der Waals surface area (Å²) < 4.78 is 1.99. The quantitative estimate of drug-likeness (QED) is 0.588. The van der Waals surface area contributed by atoms with Crippen molar-refractivity contribution in [2.45, 2.75) is 33.6 Å². The first-order valence-electron chi connectivity index (χ1n) is 7.52. The SMILES string of the molecule is Cc1ccc(N=Nc2c(C(C)C)nc3ccccn23)c(C)c1. The van der Waals surface area contributed by atoms with Crippen LogP contribution in [0.1, 0.15) is 36.6 Å². The molecule has 1 aromatic carbocycles. The molecule has 0 fully saturated rings. The van der Waals surface area contributed by atoms with E-state index in [2.05, 4.69) is 55.0 Å². The van der Waals surface area contributed by atoms with Gasteiger partial charge in [0.2, 0.25) is 0 Å². The van der Waals surface area contributed by atoms with E-state index in [1.54, 1.807) is 0 Å². The zero-order valence-electron chi connectivity index (χ0n) is 13.4. The molecule has 0 saturated heterocycles. The van der Waals surface area contributed by atoms with Crippen LogP contribution in [0.2, 0.25) is 0 Å². The number of pyridine rings is 1. The fraction of sp³-hybridized carbons (Fsp3) is 0.278. The van der Waals surface area contributed by atoms with Gasteiger partial charge in [-0.05, 0) is 43.5 Å². The van der Waals surface area contributed by atoms with E-state index in [9.17, 15) is 0 Å². The number of fused-ring (bicyclic) bond motifs is 1. The van der Waals surface area contributed by atoms with E-state index in [1.165, 1.54) is 5.56 Å². The van der Waals surface area contributed by atoms with Gasteiger partial charge in [0.15, 0.2) is 5.82 Å². The zero-order chi connectivity index (χ0) is 15.7. The number of azo groups is 1. The highest BCUT2D eigenvalue weighted by Crippen LogP contribution is 2.30. The normalized spacial score (nSPS) is 11.9. The smallest absolute Gasteiger partial charge is 0.183 e.